The Morgan fingerprint density at radius 2 is 1.77 bits per heavy atom. The SMILES string of the molecule is CC(O)C1(C(C)O)CCCCC1I. The Morgan fingerprint density at radius 1 is 1.23 bits per heavy atom. The summed E-state index contributed by atoms with van der Waals surface area (Å²) in [6.07, 6.45) is 3.63. The monoisotopic (exact) mass is 298 g/mol. The maximum absolute atomic E-state index is 9.80. The molecule has 0 spiro atoms. The lowest BCUT2D eigenvalue weighted by atomic mass is 9.67. The second kappa shape index (κ2) is 4.45. The van der Waals surface area contributed by atoms with Crippen molar-refractivity contribution in [3.8, 4) is 0 Å². The highest BCUT2D eigenvalue weighted by Crippen LogP contribution is 2.46. The largest absolute Gasteiger partial charge is 0.393 e. The molecule has 0 aromatic rings. The van der Waals surface area contributed by atoms with Gasteiger partial charge in [-0.3, -0.25) is 0 Å². The van der Waals surface area contributed by atoms with Crippen molar-refractivity contribution in [2.24, 2.45) is 5.41 Å². The summed E-state index contributed by atoms with van der Waals surface area (Å²) < 4.78 is 0.402. The molecule has 78 valence electrons. The van der Waals surface area contributed by atoms with Crippen LogP contribution in [0.4, 0.5) is 0 Å². The highest BCUT2D eigenvalue weighted by molar-refractivity contribution is 14.1. The summed E-state index contributed by atoms with van der Waals surface area (Å²) in [6, 6.07) is 0. The Morgan fingerprint density at radius 3 is 2.08 bits per heavy atom. The van der Waals surface area contributed by atoms with Crippen molar-refractivity contribution < 1.29 is 10.2 Å². The van der Waals surface area contributed by atoms with E-state index >= 15 is 0 Å². The molecule has 1 rings (SSSR count). The molecule has 0 aliphatic heterocycles. The van der Waals surface area contributed by atoms with Gasteiger partial charge in [-0.1, -0.05) is 35.4 Å². The lowest BCUT2D eigenvalue weighted by Crippen LogP contribution is -2.50. The van der Waals surface area contributed by atoms with Crippen LogP contribution in [0.15, 0.2) is 0 Å². The molecule has 2 N–H and O–H groups in total. The number of hydrogen-bond donors (Lipinski definition) is 2. The Labute approximate surface area is 93.9 Å². The Hall–Kier alpha value is 0.650. The average Bonchev–Trinajstić information content (AvgIpc) is 2.04. The van der Waals surface area contributed by atoms with Crippen molar-refractivity contribution in [2.45, 2.75) is 55.7 Å². The Balaban J connectivity index is 2.86. The minimum atomic E-state index is -0.408. The van der Waals surface area contributed by atoms with E-state index < -0.39 is 12.2 Å². The van der Waals surface area contributed by atoms with E-state index in [0.717, 1.165) is 19.3 Å². The number of halogens is 1. The van der Waals surface area contributed by atoms with Crippen molar-refractivity contribution in [1.29, 1.82) is 0 Å². The normalized spacial score (nSPS) is 39.9. The molecule has 3 heteroatoms. The van der Waals surface area contributed by atoms with E-state index in [0.29, 0.717) is 3.92 Å². The molecular formula is C10H19IO2. The summed E-state index contributed by atoms with van der Waals surface area (Å²) in [7, 11) is 0. The van der Waals surface area contributed by atoms with Gasteiger partial charge >= 0.3 is 0 Å². The first-order chi connectivity index (χ1) is 6.01. The second-order valence-electron chi connectivity index (χ2n) is 4.18. The molecular weight excluding hydrogens is 279 g/mol. The molecule has 1 fully saturated rings. The predicted molar refractivity (Wildman–Crippen MR) is 62.1 cm³/mol. The van der Waals surface area contributed by atoms with Gasteiger partial charge in [-0.05, 0) is 26.7 Å². The van der Waals surface area contributed by atoms with Gasteiger partial charge < -0.3 is 10.2 Å². The van der Waals surface area contributed by atoms with Crippen LogP contribution in [0, 0.1) is 5.41 Å². The molecule has 3 atom stereocenters. The maximum Gasteiger partial charge on any atom is 0.0603 e. The third kappa shape index (κ3) is 2.02. The van der Waals surface area contributed by atoms with E-state index in [1.807, 2.05) is 13.8 Å². The number of rotatable bonds is 2. The highest BCUT2D eigenvalue weighted by Gasteiger charge is 2.46. The molecule has 0 heterocycles. The van der Waals surface area contributed by atoms with Crippen LogP contribution in [0.1, 0.15) is 39.5 Å². The number of hydrogen-bond acceptors (Lipinski definition) is 2. The minimum absolute atomic E-state index is 0.265. The zero-order chi connectivity index (χ0) is 10.1. The zero-order valence-corrected chi connectivity index (χ0v) is 10.5. The molecule has 0 saturated heterocycles. The molecule has 0 aromatic heterocycles. The highest BCUT2D eigenvalue weighted by atomic mass is 127. The topological polar surface area (TPSA) is 40.5 Å². The zero-order valence-electron chi connectivity index (χ0n) is 8.33. The molecule has 0 bridgehead atoms. The standard InChI is InChI=1S/C10H19IO2/c1-7(12)10(8(2)13)6-4-3-5-9(10)11/h7-9,12-13H,3-6H2,1-2H3. The number of aliphatic hydroxyl groups is 2. The van der Waals surface area contributed by atoms with E-state index in [1.54, 1.807) is 0 Å². The van der Waals surface area contributed by atoms with Gasteiger partial charge in [0.05, 0.1) is 12.2 Å². The summed E-state index contributed by atoms with van der Waals surface area (Å²) >= 11 is 2.38. The van der Waals surface area contributed by atoms with E-state index in [-0.39, 0.29) is 5.41 Å². The Kier molecular flexibility index (Phi) is 4.01. The second-order valence-corrected chi connectivity index (χ2v) is 5.68. The molecule has 0 radical (unpaired) electrons. The van der Waals surface area contributed by atoms with E-state index in [1.165, 1.54) is 6.42 Å². The van der Waals surface area contributed by atoms with E-state index in [9.17, 15) is 10.2 Å². The van der Waals surface area contributed by atoms with Gasteiger partial charge in [-0.2, -0.15) is 0 Å². The summed E-state index contributed by atoms with van der Waals surface area (Å²) in [5.41, 5.74) is -0.265. The molecule has 0 aromatic carbocycles. The first-order valence-corrected chi connectivity index (χ1v) is 6.26. The average molecular weight is 298 g/mol. The van der Waals surface area contributed by atoms with Crippen molar-refractivity contribution in [3.05, 3.63) is 0 Å². The van der Waals surface area contributed by atoms with Gasteiger partial charge in [0.2, 0.25) is 0 Å². The fourth-order valence-electron chi connectivity index (χ4n) is 2.47. The smallest absolute Gasteiger partial charge is 0.0603 e. The summed E-state index contributed by atoms with van der Waals surface area (Å²) in [6.45, 7) is 3.62. The van der Waals surface area contributed by atoms with Gasteiger partial charge in [-0.25, -0.2) is 0 Å². The Bertz CT molecular complexity index is 160. The van der Waals surface area contributed by atoms with Gasteiger partial charge in [0.15, 0.2) is 0 Å². The molecule has 1 aliphatic carbocycles. The quantitative estimate of drug-likeness (QED) is 0.605. The van der Waals surface area contributed by atoms with Crippen molar-refractivity contribution in [3.63, 3.8) is 0 Å². The van der Waals surface area contributed by atoms with Crippen LogP contribution < -0.4 is 0 Å². The minimum Gasteiger partial charge on any atom is -0.393 e. The summed E-state index contributed by atoms with van der Waals surface area (Å²) in [5.74, 6) is 0. The van der Waals surface area contributed by atoms with Gasteiger partial charge in [0, 0.05) is 9.34 Å². The third-order valence-corrected chi connectivity index (χ3v) is 5.24. The van der Waals surface area contributed by atoms with E-state index in [2.05, 4.69) is 22.6 Å². The van der Waals surface area contributed by atoms with Crippen LogP contribution in [-0.2, 0) is 0 Å². The first kappa shape index (κ1) is 11.7. The van der Waals surface area contributed by atoms with Crippen molar-refractivity contribution in [1.82, 2.24) is 0 Å². The van der Waals surface area contributed by atoms with Crippen LogP contribution in [0.3, 0.4) is 0 Å². The molecule has 2 nitrogen and oxygen atoms in total. The van der Waals surface area contributed by atoms with Crippen LogP contribution in [0.25, 0.3) is 0 Å². The summed E-state index contributed by atoms with van der Waals surface area (Å²) in [4.78, 5) is 0. The lowest BCUT2D eigenvalue weighted by Gasteiger charge is -2.46. The molecule has 1 saturated carbocycles. The fourth-order valence-corrected chi connectivity index (χ4v) is 4.26. The molecule has 3 unspecified atom stereocenters. The number of aliphatic hydroxyl groups excluding tert-OH is 2. The van der Waals surface area contributed by atoms with Crippen LogP contribution >= 0.6 is 22.6 Å². The molecule has 1 aliphatic rings. The molecule has 0 amide bonds. The van der Waals surface area contributed by atoms with Gasteiger partial charge in [0.25, 0.3) is 0 Å². The van der Waals surface area contributed by atoms with Gasteiger partial charge in [-0.15, -0.1) is 0 Å². The fraction of sp³-hybridized carbons (Fsp3) is 1.00. The third-order valence-electron chi connectivity index (χ3n) is 3.46. The van der Waals surface area contributed by atoms with Crippen LogP contribution in [0.2, 0.25) is 0 Å². The summed E-state index contributed by atoms with van der Waals surface area (Å²) in [5, 5.41) is 19.6. The maximum atomic E-state index is 9.80. The van der Waals surface area contributed by atoms with Crippen molar-refractivity contribution in [2.75, 3.05) is 0 Å². The number of alkyl halides is 1. The molecule has 13 heavy (non-hydrogen) atoms. The van der Waals surface area contributed by atoms with E-state index in [4.69, 9.17) is 0 Å². The van der Waals surface area contributed by atoms with Crippen LogP contribution in [-0.4, -0.2) is 26.3 Å². The first-order valence-electron chi connectivity index (χ1n) is 5.02. The van der Waals surface area contributed by atoms with Crippen LogP contribution in [0.5, 0.6) is 0 Å². The van der Waals surface area contributed by atoms with Gasteiger partial charge in [0.1, 0.15) is 0 Å². The lowest BCUT2D eigenvalue weighted by molar-refractivity contribution is -0.0684. The van der Waals surface area contributed by atoms with Crippen molar-refractivity contribution >= 4 is 22.6 Å². The predicted octanol–water partition coefficient (Wildman–Crippen LogP) is 2.11.